The Bertz CT molecular complexity index is 703. The van der Waals surface area contributed by atoms with Gasteiger partial charge in [-0.2, -0.15) is 0 Å². The van der Waals surface area contributed by atoms with Gasteiger partial charge in [-0.25, -0.2) is 0 Å². The maximum absolute atomic E-state index is 12.0. The molecule has 2 heterocycles. The number of aliphatic hydroxyl groups excluding tert-OH is 1. The zero-order valence-electron chi connectivity index (χ0n) is 9.98. The summed E-state index contributed by atoms with van der Waals surface area (Å²) in [6, 6.07) is 0. The van der Waals surface area contributed by atoms with E-state index in [4.69, 9.17) is 4.74 Å². The monoisotopic (exact) mass is 286 g/mol. The van der Waals surface area contributed by atoms with Gasteiger partial charge in [0.2, 0.25) is 0 Å². The number of hydrogen-bond acceptors (Lipinski definition) is 6. The van der Waals surface area contributed by atoms with Crippen LogP contribution in [0.15, 0.2) is 15.8 Å². The summed E-state index contributed by atoms with van der Waals surface area (Å²) >= 11 is 0. The van der Waals surface area contributed by atoms with Crippen LogP contribution in [0.25, 0.3) is 0 Å². The van der Waals surface area contributed by atoms with Crippen LogP contribution in [-0.4, -0.2) is 27.1 Å². The molecule has 2 rings (SSSR count). The van der Waals surface area contributed by atoms with Crippen LogP contribution < -0.4 is 16.1 Å². The van der Waals surface area contributed by atoms with Gasteiger partial charge in [0.1, 0.15) is 0 Å². The number of hydrogen-bond donors (Lipinski definition) is 1. The van der Waals surface area contributed by atoms with Crippen molar-refractivity contribution in [2.45, 2.75) is 25.7 Å². The van der Waals surface area contributed by atoms with E-state index < -0.39 is 31.5 Å². The van der Waals surface area contributed by atoms with E-state index in [0.29, 0.717) is 4.73 Å². The van der Waals surface area contributed by atoms with Gasteiger partial charge >= 0.3 is 107 Å². The van der Waals surface area contributed by atoms with Gasteiger partial charge in [-0.05, 0) is 0 Å². The first-order valence-corrected chi connectivity index (χ1v) is 6.25. The van der Waals surface area contributed by atoms with Gasteiger partial charge in [-0.3, -0.25) is 0 Å². The number of aryl methyl sites for hydroxylation is 1. The minimum atomic E-state index is -0.786. The van der Waals surface area contributed by atoms with Crippen molar-refractivity contribution >= 4 is 7.92 Å². The molecule has 0 aliphatic carbocycles. The molecule has 0 saturated carbocycles. The van der Waals surface area contributed by atoms with E-state index in [-0.39, 0.29) is 18.6 Å². The summed E-state index contributed by atoms with van der Waals surface area (Å²) in [5.41, 5.74) is -1.21. The topological polar surface area (TPSA) is 99.8 Å². The zero-order valence-corrected chi connectivity index (χ0v) is 10.9. The number of aliphatic hydroxyl groups is 1. The molecular formula is C10H11N2O6P. The molecule has 1 fully saturated rings. The summed E-state index contributed by atoms with van der Waals surface area (Å²) in [5, 5.41) is 9.39. The molecule has 19 heavy (non-hydrogen) atoms. The third-order valence-electron chi connectivity index (χ3n) is 2.68. The Balaban J connectivity index is 2.53. The van der Waals surface area contributed by atoms with E-state index in [9.17, 15) is 19.3 Å². The van der Waals surface area contributed by atoms with Gasteiger partial charge in [0, 0.05) is 0 Å². The summed E-state index contributed by atoms with van der Waals surface area (Å²) < 4.78 is 17.1. The molecule has 1 saturated heterocycles. The molecule has 1 N–H and O–H groups in total. The van der Waals surface area contributed by atoms with Crippen LogP contribution in [0, 0.1) is 12.7 Å². The van der Waals surface area contributed by atoms with Crippen LogP contribution in [-0.2, 0) is 9.30 Å². The predicted molar refractivity (Wildman–Crippen MR) is 63.4 cm³/mol. The van der Waals surface area contributed by atoms with Crippen molar-refractivity contribution in [1.82, 2.24) is 9.30 Å². The Morgan fingerprint density at radius 1 is 1.58 bits per heavy atom. The van der Waals surface area contributed by atoms with Crippen LogP contribution in [0.1, 0.15) is 18.2 Å². The normalized spacial score (nSPS) is 22.0. The second-order valence-corrected chi connectivity index (χ2v) is 4.42. The molecule has 1 aromatic rings. The van der Waals surface area contributed by atoms with Crippen molar-refractivity contribution < 1.29 is 19.2 Å². The second-order valence-electron chi connectivity index (χ2n) is 4.05. The summed E-state index contributed by atoms with van der Waals surface area (Å²) in [4.78, 5) is 28.4. The molecule has 8 nitrogen and oxygen atoms in total. The molecule has 2 atom stereocenters. The summed E-state index contributed by atoms with van der Waals surface area (Å²) in [7, 11) is -0.586. The third kappa shape index (κ3) is 2.72. The van der Waals surface area contributed by atoms with Gasteiger partial charge in [-0.1, -0.05) is 0 Å². The van der Waals surface area contributed by atoms with Crippen molar-refractivity contribution in [3.05, 3.63) is 32.6 Å². The molecule has 1 unspecified atom stereocenters. The van der Waals surface area contributed by atoms with Gasteiger partial charge in [0.15, 0.2) is 0 Å². The number of rotatable bonds is 2. The van der Waals surface area contributed by atoms with Gasteiger partial charge in [-0.15, -0.1) is 0 Å². The van der Waals surface area contributed by atoms with E-state index in [1.807, 2.05) is 5.81 Å². The molecule has 0 amide bonds. The Labute approximate surface area is 108 Å². The first kappa shape index (κ1) is 13.8. The van der Waals surface area contributed by atoms with E-state index in [2.05, 4.69) is 4.84 Å². The van der Waals surface area contributed by atoms with Crippen LogP contribution in [0.5, 0.6) is 0 Å². The molecule has 1 aromatic heterocycles. The van der Waals surface area contributed by atoms with E-state index in [0.717, 1.165) is 4.57 Å². The number of aromatic nitrogens is 2. The fraction of sp³-hybridized carbons (Fsp3) is 0.500. The summed E-state index contributed by atoms with van der Waals surface area (Å²) in [6.07, 6.45) is 0.255. The van der Waals surface area contributed by atoms with Crippen molar-refractivity contribution in [3.63, 3.8) is 0 Å². The molecule has 0 aromatic carbocycles. The van der Waals surface area contributed by atoms with E-state index >= 15 is 0 Å². The Morgan fingerprint density at radius 2 is 2.32 bits per heavy atom. The average Bonchev–Trinajstić information content (AvgIpc) is 2.80. The first-order chi connectivity index (χ1) is 9.04. The molecule has 0 radical (unpaired) electrons. The fourth-order valence-corrected chi connectivity index (χ4v) is 1.92. The van der Waals surface area contributed by atoms with E-state index in [1.165, 1.54) is 13.1 Å². The third-order valence-corrected chi connectivity index (χ3v) is 2.84. The number of ether oxygens (including phenoxy) is 1. The van der Waals surface area contributed by atoms with Gasteiger partial charge < -0.3 is 0 Å². The number of nitrogens with zero attached hydrogens (tertiary/aromatic N) is 2. The van der Waals surface area contributed by atoms with Crippen molar-refractivity contribution in [2.24, 2.45) is 0 Å². The van der Waals surface area contributed by atoms with Crippen LogP contribution in [0.2, 0.25) is 0 Å². The summed E-state index contributed by atoms with van der Waals surface area (Å²) in [6.45, 7) is 1.62. The fourth-order valence-electron chi connectivity index (χ4n) is 1.80. The molecule has 0 spiro atoms. The van der Waals surface area contributed by atoms with Crippen molar-refractivity contribution in [1.29, 1.82) is 0 Å². The first-order valence-electron chi connectivity index (χ1n) is 5.43. The predicted octanol–water partition coefficient (Wildman–Crippen LogP) is -0.765. The average molecular weight is 286 g/mol. The Hall–Kier alpha value is -1.59. The molecular weight excluding hydrogens is 275 g/mol. The molecule has 1 aliphatic rings. The van der Waals surface area contributed by atoms with Crippen LogP contribution in [0.3, 0.4) is 0 Å². The van der Waals surface area contributed by atoms with Crippen molar-refractivity contribution in [2.75, 3.05) is 6.61 Å². The standard InChI is InChI=1S/C10H11N2O6P/c1-6-3-11(8-2-7(13)4-17-8)10(15)12(9(6)14)18-5-19-16/h3,7-8,13H,2,4H2,1H3/t7-,8?/m0/s1. The Kier molecular flexibility index (Phi) is 4.07. The van der Waals surface area contributed by atoms with Crippen molar-refractivity contribution in [3.8, 4) is 5.81 Å². The van der Waals surface area contributed by atoms with E-state index in [1.54, 1.807) is 0 Å². The molecule has 102 valence electrons. The molecule has 9 heteroatoms. The van der Waals surface area contributed by atoms with Crippen LogP contribution in [0.4, 0.5) is 0 Å². The zero-order chi connectivity index (χ0) is 14.0. The molecule has 0 bridgehead atoms. The minimum absolute atomic E-state index is 0.119. The second kappa shape index (κ2) is 5.59. The van der Waals surface area contributed by atoms with Gasteiger partial charge in [0.05, 0.1) is 0 Å². The SMILES string of the molecule is Cc1cn(C2C[C@H](O)CO2)c(=O)n(OC#P=O)c1=O. The Morgan fingerprint density at radius 3 is 2.89 bits per heavy atom. The maximum atomic E-state index is 12.0. The molecule has 1 aliphatic heterocycles. The quantitative estimate of drug-likeness (QED) is 0.717. The summed E-state index contributed by atoms with van der Waals surface area (Å²) in [5.74, 6) is 1.88. The van der Waals surface area contributed by atoms with Crippen LogP contribution >= 0.6 is 7.92 Å². The van der Waals surface area contributed by atoms with Gasteiger partial charge in [0.25, 0.3) is 0 Å².